The highest BCUT2D eigenvalue weighted by Gasteiger charge is 2.10. The van der Waals surface area contributed by atoms with Gasteiger partial charge in [0.25, 0.3) is 0 Å². The maximum absolute atomic E-state index is 9.46. The molecule has 0 aromatic heterocycles. The SMILES string of the molecule is CC(C)(O)CCCCCCCCCO. The van der Waals surface area contributed by atoms with E-state index in [1.54, 1.807) is 0 Å². The summed E-state index contributed by atoms with van der Waals surface area (Å²) in [6, 6.07) is 0. The summed E-state index contributed by atoms with van der Waals surface area (Å²) in [6.07, 6.45) is 9.14. The summed E-state index contributed by atoms with van der Waals surface area (Å²) in [6.45, 7) is 4.07. The molecule has 0 aliphatic heterocycles. The van der Waals surface area contributed by atoms with Gasteiger partial charge < -0.3 is 10.2 Å². The number of aliphatic hydroxyl groups is 2. The quantitative estimate of drug-likeness (QED) is 0.564. The Morgan fingerprint density at radius 3 is 1.64 bits per heavy atom. The molecular weight excluding hydrogens is 176 g/mol. The molecule has 0 aliphatic rings. The van der Waals surface area contributed by atoms with Crippen LogP contribution >= 0.6 is 0 Å². The minimum absolute atomic E-state index is 0.332. The van der Waals surface area contributed by atoms with Crippen molar-refractivity contribution in [2.75, 3.05) is 6.61 Å². The Morgan fingerprint density at radius 1 is 0.786 bits per heavy atom. The maximum Gasteiger partial charge on any atom is 0.0591 e. The predicted octanol–water partition coefficient (Wildman–Crippen LogP) is 2.87. The predicted molar refractivity (Wildman–Crippen MR) is 60.3 cm³/mol. The topological polar surface area (TPSA) is 40.5 Å². The monoisotopic (exact) mass is 202 g/mol. The second-order valence-corrected chi connectivity index (χ2v) is 4.76. The van der Waals surface area contributed by atoms with E-state index in [-0.39, 0.29) is 0 Å². The molecule has 0 saturated heterocycles. The second-order valence-electron chi connectivity index (χ2n) is 4.76. The number of unbranched alkanes of at least 4 members (excludes halogenated alkanes) is 6. The highest BCUT2D eigenvalue weighted by atomic mass is 16.3. The normalized spacial score (nSPS) is 12.0. The molecule has 0 unspecified atom stereocenters. The Kier molecular flexibility index (Phi) is 8.20. The number of hydrogen-bond donors (Lipinski definition) is 2. The van der Waals surface area contributed by atoms with Gasteiger partial charge in [0, 0.05) is 6.61 Å². The van der Waals surface area contributed by atoms with Crippen molar-refractivity contribution in [3.05, 3.63) is 0 Å². The molecular formula is C12H26O2. The maximum atomic E-state index is 9.46. The molecule has 0 bridgehead atoms. The molecule has 0 aliphatic carbocycles. The van der Waals surface area contributed by atoms with Gasteiger partial charge in [-0.1, -0.05) is 38.5 Å². The van der Waals surface area contributed by atoms with Crippen LogP contribution in [0.2, 0.25) is 0 Å². The molecule has 0 radical (unpaired) electrons. The molecule has 0 aromatic rings. The van der Waals surface area contributed by atoms with E-state index in [0.717, 1.165) is 25.7 Å². The fourth-order valence-corrected chi connectivity index (χ4v) is 1.55. The molecule has 2 nitrogen and oxygen atoms in total. The van der Waals surface area contributed by atoms with Gasteiger partial charge in [-0.3, -0.25) is 0 Å². The third kappa shape index (κ3) is 11.9. The Morgan fingerprint density at radius 2 is 1.21 bits per heavy atom. The molecule has 0 heterocycles. The minimum atomic E-state index is -0.489. The van der Waals surface area contributed by atoms with Crippen molar-refractivity contribution in [1.82, 2.24) is 0 Å². The van der Waals surface area contributed by atoms with Crippen LogP contribution in [0.1, 0.15) is 65.2 Å². The molecule has 0 atom stereocenters. The van der Waals surface area contributed by atoms with Crippen LogP contribution in [0.4, 0.5) is 0 Å². The lowest BCUT2D eigenvalue weighted by molar-refractivity contribution is 0.0680. The van der Waals surface area contributed by atoms with E-state index < -0.39 is 5.60 Å². The van der Waals surface area contributed by atoms with Crippen molar-refractivity contribution in [3.63, 3.8) is 0 Å². The first-order chi connectivity index (χ1) is 6.56. The average molecular weight is 202 g/mol. The van der Waals surface area contributed by atoms with Crippen molar-refractivity contribution < 1.29 is 10.2 Å². The van der Waals surface area contributed by atoms with Gasteiger partial charge >= 0.3 is 0 Å². The summed E-state index contributed by atoms with van der Waals surface area (Å²) >= 11 is 0. The zero-order valence-electron chi connectivity index (χ0n) is 9.76. The van der Waals surface area contributed by atoms with Gasteiger partial charge in [-0.05, 0) is 26.7 Å². The molecule has 0 fully saturated rings. The molecule has 0 spiro atoms. The van der Waals surface area contributed by atoms with Crippen LogP contribution in [0.25, 0.3) is 0 Å². The van der Waals surface area contributed by atoms with Gasteiger partial charge in [-0.2, -0.15) is 0 Å². The van der Waals surface area contributed by atoms with Gasteiger partial charge in [0.05, 0.1) is 5.60 Å². The van der Waals surface area contributed by atoms with Crippen LogP contribution in [0.15, 0.2) is 0 Å². The number of hydrogen-bond acceptors (Lipinski definition) is 2. The summed E-state index contributed by atoms with van der Waals surface area (Å²) in [5.41, 5.74) is -0.489. The van der Waals surface area contributed by atoms with Crippen molar-refractivity contribution in [2.45, 2.75) is 70.8 Å². The Labute approximate surface area is 88.3 Å². The largest absolute Gasteiger partial charge is 0.396 e. The smallest absolute Gasteiger partial charge is 0.0591 e. The van der Waals surface area contributed by atoms with Crippen LogP contribution in [-0.4, -0.2) is 22.4 Å². The molecule has 0 amide bonds. The lowest BCUT2D eigenvalue weighted by Crippen LogP contribution is -2.17. The summed E-state index contributed by atoms with van der Waals surface area (Å²) in [4.78, 5) is 0. The van der Waals surface area contributed by atoms with Crippen LogP contribution in [0.5, 0.6) is 0 Å². The molecule has 14 heavy (non-hydrogen) atoms. The summed E-state index contributed by atoms with van der Waals surface area (Å²) < 4.78 is 0. The highest BCUT2D eigenvalue weighted by molar-refractivity contribution is 4.64. The molecule has 0 saturated carbocycles. The molecule has 2 N–H and O–H groups in total. The fraction of sp³-hybridized carbons (Fsp3) is 1.00. The van der Waals surface area contributed by atoms with E-state index in [0.29, 0.717) is 6.61 Å². The van der Waals surface area contributed by atoms with E-state index in [9.17, 15) is 5.11 Å². The minimum Gasteiger partial charge on any atom is -0.396 e. The van der Waals surface area contributed by atoms with Gasteiger partial charge in [-0.25, -0.2) is 0 Å². The van der Waals surface area contributed by atoms with Gasteiger partial charge in [0.2, 0.25) is 0 Å². The highest BCUT2D eigenvalue weighted by Crippen LogP contribution is 2.14. The Balaban J connectivity index is 2.99. The zero-order valence-corrected chi connectivity index (χ0v) is 9.76. The molecule has 2 heteroatoms. The van der Waals surface area contributed by atoms with Crippen LogP contribution in [0, 0.1) is 0 Å². The van der Waals surface area contributed by atoms with Crippen LogP contribution < -0.4 is 0 Å². The standard InChI is InChI=1S/C12H26O2/c1-12(2,14)10-8-6-4-3-5-7-9-11-13/h13-14H,3-11H2,1-2H3. The van der Waals surface area contributed by atoms with Crippen molar-refractivity contribution in [2.24, 2.45) is 0 Å². The summed E-state index contributed by atoms with van der Waals surface area (Å²) in [5.74, 6) is 0. The first-order valence-corrected chi connectivity index (χ1v) is 5.89. The van der Waals surface area contributed by atoms with E-state index in [4.69, 9.17) is 5.11 Å². The lowest BCUT2D eigenvalue weighted by Gasteiger charge is -2.16. The number of aliphatic hydroxyl groups excluding tert-OH is 1. The van der Waals surface area contributed by atoms with Crippen molar-refractivity contribution in [3.8, 4) is 0 Å². The zero-order chi connectivity index (χ0) is 10.9. The third-order valence-corrected chi connectivity index (χ3v) is 2.45. The van der Waals surface area contributed by atoms with E-state index in [1.165, 1.54) is 25.7 Å². The fourth-order valence-electron chi connectivity index (χ4n) is 1.55. The first kappa shape index (κ1) is 13.9. The number of rotatable bonds is 9. The molecule has 0 rings (SSSR count). The van der Waals surface area contributed by atoms with Gasteiger partial charge in [0.15, 0.2) is 0 Å². The third-order valence-electron chi connectivity index (χ3n) is 2.45. The second kappa shape index (κ2) is 8.25. The van der Waals surface area contributed by atoms with Crippen molar-refractivity contribution in [1.29, 1.82) is 0 Å². The van der Waals surface area contributed by atoms with Crippen LogP contribution in [-0.2, 0) is 0 Å². The summed E-state index contributed by atoms with van der Waals surface area (Å²) in [5, 5.41) is 18.0. The lowest BCUT2D eigenvalue weighted by atomic mass is 10.00. The Bertz CT molecular complexity index is 116. The first-order valence-electron chi connectivity index (χ1n) is 5.89. The van der Waals surface area contributed by atoms with E-state index in [2.05, 4.69) is 0 Å². The molecule has 86 valence electrons. The average Bonchev–Trinajstić information content (AvgIpc) is 2.08. The summed E-state index contributed by atoms with van der Waals surface area (Å²) in [7, 11) is 0. The van der Waals surface area contributed by atoms with Crippen LogP contribution in [0.3, 0.4) is 0 Å². The van der Waals surface area contributed by atoms with E-state index >= 15 is 0 Å². The van der Waals surface area contributed by atoms with Gasteiger partial charge in [0.1, 0.15) is 0 Å². The molecule has 0 aromatic carbocycles. The van der Waals surface area contributed by atoms with Crippen molar-refractivity contribution >= 4 is 0 Å². The Hall–Kier alpha value is -0.0800. The van der Waals surface area contributed by atoms with E-state index in [1.807, 2.05) is 13.8 Å². The van der Waals surface area contributed by atoms with Gasteiger partial charge in [-0.15, -0.1) is 0 Å².